The molecule has 1 atom stereocenters. The van der Waals surface area contributed by atoms with E-state index >= 15 is 0 Å². The zero-order chi connectivity index (χ0) is 16.8. The van der Waals surface area contributed by atoms with Crippen molar-refractivity contribution in [3.8, 4) is 0 Å². The Morgan fingerprint density at radius 1 is 1.38 bits per heavy atom. The van der Waals surface area contributed by atoms with Crippen molar-refractivity contribution < 1.29 is 0 Å². The molecule has 4 rings (SSSR count). The number of thiophene rings is 1. The van der Waals surface area contributed by atoms with Crippen LogP contribution in [-0.4, -0.2) is 9.55 Å². The number of hydrogen-bond acceptors (Lipinski definition) is 3. The van der Waals surface area contributed by atoms with Gasteiger partial charge in [0.05, 0.1) is 11.9 Å². The molecule has 0 saturated heterocycles. The van der Waals surface area contributed by atoms with Gasteiger partial charge in [-0.3, -0.25) is 9.36 Å². The van der Waals surface area contributed by atoms with Crippen molar-refractivity contribution in [1.29, 1.82) is 0 Å². The van der Waals surface area contributed by atoms with Gasteiger partial charge in [-0.2, -0.15) is 0 Å². The maximum absolute atomic E-state index is 13.1. The van der Waals surface area contributed by atoms with Crippen molar-refractivity contribution in [3.63, 3.8) is 0 Å². The lowest BCUT2D eigenvalue weighted by Gasteiger charge is -2.17. The second-order valence-electron chi connectivity index (χ2n) is 6.50. The first-order valence-corrected chi connectivity index (χ1v) is 9.65. The normalized spacial score (nSPS) is 17.2. The number of rotatable bonds is 2. The van der Waals surface area contributed by atoms with Crippen LogP contribution in [0.2, 0.25) is 5.02 Å². The number of hydrogen-bond donors (Lipinski definition) is 1. The number of fused-ring (bicyclic) bond motifs is 3. The largest absolute Gasteiger partial charge is 0.323 e. The lowest BCUT2D eigenvalue weighted by Crippen LogP contribution is -2.23. The molecule has 0 unspecified atom stereocenters. The summed E-state index contributed by atoms with van der Waals surface area (Å²) in [5.41, 5.74) is 2.27. The highest BCUT2D eigenvalue weighted by molar-refractivity contribution is 7.71. The number of halogens is 1. The molecule has 6 heteroatoms. The SMILES string of the molecule is C[C@H]1CCc2c(sc3[nH]c(=S)n(Cc4ccc(Cl)cc4)c(=O)c23)C1. The van der Waals surface area contributed by atoms with Crippen molar-refractivity contribution >= 4 is 45.4 Å². The van der Waals surface area contributed by atoms with Crippen LogP contribution in [0, 0.1) is 10.7 Å². The van der Waals surface area contributed by atoms with E-state index in [0.29, 0.717) is 22.3 Å². The average molecular weight is 377 g/mol. The van der Waals surface area contributed by atoms with Crippen LogP contribution in [0.15, 0.2) is 29.1 Å². The van der Waals surface area contributed by atoms with E-state index in [1.807, 2.05) is 24.3 Å². The molecule has 0 fully saturated rings. The molecule has 1 aliphatic rings. The fourth-order valence-corrected chi connectivity index (χ4v) is 5.21. The molecule has 2 aromatic heterocycles. The Balaban J connectivity index is 1.86. The molecule has 1 N–H and O–H groups in total. The number of benzene rings is 1. The molecule has 0 amide bonds. The number of nitrogens with zero attached hydrogens (tertiary/aromatic N) is 1. The van der Waals surface area contributed by atoms with Gasteiger partial charge in [-0.05, 0) is 60.7 Å². The third-order valence-corrected chi connectivity index (χ3v) is 6.43. The first-order chi connectivity index (χ1) is 11.5. The fraction of sp³-hybridized carbons (Fsp3) is 0.333. The molecule has 0 bridgehead atoms. The van der Waals surface area contributed by atoms with Gasteiger partial charge >= 0.3 is 0 Å². The highest BCUT2D eigenvalue weighted by Crippen LogP contribution is 2.35. The van der Waals surface area contributed by atoms with Crippen LogP contribution >= 0.6 is 35.2 Å². The summed E-state index contributed by atoms with van der Waals surface area (Å²) in [4.78, 5) is 18.6. The standard InChI is InChI=1S/C18H17ClN2OS2/c1-10-2-7-13-14(8-10)24-16-15(13)17(22)21(18(23)20-16)9-11-3-5-12(19)6-4-11/h3-6,10H,2,7-9H2,1H3,(H,20,23)/t10-/m0/s1. The third kappa shape index (κ3) is 2.75. The maximum atomic E-state index is 13.1. The summed E-state index contributed by atoms with van der Waals surface area (Å²) >= 11 is 13.1. The van der Waals surface area contributed by atoms with E-state index in [1.54, 1.807) is 15.9 Å². The molecular formula is C18H17ClN2OS2. The average Bonchev–Trinajstić information content (AvgIpc) is 2.90. The zero-order valence-electron chi connectivity index (χ0n) is 13.3. The van der Waals surface area contributed by atoms with Gasteiger partial charge in [-0.1, -0.05) is 30.7 Å². The van der Waals surface area contributed by atoms with Gasteiger partial charge < -0.3 is 4.98 Å². The number of aromatic amines is 1. The Kier molecular flexibility index (Phi) is 4.11. The molecule has 0 spiro atoms. The lowest BCUT2D eigenvalue weighted by molar-refractivity contribution is 0.509. The minimum atomic E-state index is 0.0238. The number of aryl methyl sites for hydroxylation is 1. The van der Waals surface area contributed by atoms with Crippen LogP contribution in [0.3, 0.4) is 0 Å². The monoisotopic (exact) mass is 376 g/mol. The van der Waals surface area contributed by atoms with Crippen LogP contribution < -0.4 is 5.56 Å². The predicted molar refractivity (Wildman–Crippen MR) is 103 cm³/mol. The Labute approximate surface area is 153 Å². The Bertz CT molecular complexity index is 1030. The number of nitrogens with one attached hydrogen (secondary N) is 1. The first-order valence-electron chi connectivity index (χ1n) is 8.04. The summed E-state index contributed by atoms with van der Waals surface area (Å²) < 4.78 is 2.14. The van der Waals surface area contributed by atoms with Gasteiger partial charge in [0.15, 0.2) is 4.77 Å². The topological polar surface area (TPSA) is 37.8 Å². The summed E-state index contributed by atoms with van der Waals surface area (Å²) in [6.45, 7) is 2.73. The van der Waals surface area contributed by atoms with Gasteiger partial charge in [-0.15, -0.1) is 11.3 Å². The molecule has 0 radical (unpaired) electrons. The van der Waals surface area contributed by atoms with Crippen molar-refractivity contribution in [1.82, 2.24) is 9.55 Å². The minimum absolute atomic E-state index is 0.0238. The van der Waals surface area contributed by atoms with Crippen molar-refractivity contribution in [3.05, 3.63) is 60.4 Å². The van der Waals surface area contributed by atoms with E-state index in [9.17, 15) is 4.79 Å². The molecule has 1 aliphatic carbocycles. The predicted octanol–water partition coefficient (Wildman–Crippen LogP) is 4.95. The molecule has 0 saturated carbocycles. The summed E-state index contributed by atoms with van der Waals surface area (Å²) in [6.07, 6.45) is 3.19. The Morgan fingerprint density at radius 3 is 2.88 bits per heavy atom. The molecule has 0 aliphatic heterocycles. The number of H-pyrrole nitrogens is 1. The van der Waals surface area contributed by atoms with E-state index in [0.717, 1.165) is 35.0 Å². The van der Waals surface area contributed by atoms with Gasteiger partial charge in [-0.25, -0.2) is 0 Å². The molecule has 3 aromatic rings. The lowest BCUT2D eigenvalue weighted by atomic mass is 9.89. The van der Waals surface area contributed by atoms with Crippen LogP contribution in [0.25, 0.3) is 10.2 Å². The molecule has 2 heterocycles. The molecular weight excluding hydrogens is 360 g/mol. The summed E-state index contributed by atoms with van der Waals surface area (Å²) in [5.74, 6) is 0.685. The quantitative estimate of drug-likeness (QED) is 0.643. The van der Waals surface area contributed by atoms with Gasteiger partial charge in [0.2, 0.25) is 0 Å². The molecule has 124 valence electrons. The first kappa shape index (κ1) is 16.1. The van der Waals surface area contributed by atoms with E-state index in [2.05, 4.69) is 11.9 Å². The van der Waals surface area contributed by atoms with Gasteiger partial charge in [0.1, 0.15) is 4.83 Å². The smallest absolute Gasteiger partial charge is 0.263 e. The molecule has 1 aromatic carbocycles. The highest BCUT2D eigenvalue weighted by Gasteiger charge is 2.23. The van der Waals surface area contributed by atoms with Crippen LogP contribution in [0.5, 0.6) is 0 Å². The Morgan fingerprint density at radius 2 is 2.12 bits per heavy atom. The molecule has 24 heavy (non-hydrogen) atoms. The van der Waals surface area contributed by atoms with E-state index < -0.39 is 0 Å². The number of aromatic nitrogens is 2. The summed E-state index contributed by atoms with van der Waals surface area (Å²) in [7, 11) is 0. The highest BCUT2D eigenvalue weighted by atomic mass is 35.5. The summed E-state index contributed by atoms with van der Waals surface area (Å²) in [6, 6.07) is 7.53. The van der Waals surface area contributed by atoms with E-state index in [-0.39, 0.29) is 5.56 Å². The molecule has 3 nitrogen and oxygen atoms in total. The van der Waals surface area contributed by atoms with Gasteiger partial charge in [0.25, 0.3) is 5.56 Å². The second-order valence-corrected chi connectivity index (χ2v) is 8.43. The van der Waals surface area contributed by atoms with Crippen LogP contribution in [0.4, 0.5) is 0 Å². The van der Waals surface area contributed by atoms with Gasteiger partial charge in [0, 0.05) is 9.90 Å². The van der Waals surface area contributed by atoms with Crippen molar-refractivity contribution in [2.45, 2.75) is 32.7 Å². The maximum Gasteiger partial charge on any atom is 0.263 e. The summed E-state index contributed by atoms with van der Waals surface area (Å²) in [5, 5.41) is 1.53. The van der Waals surface area contributed by atoms with Crippen LogP contribution in [0.1, 0.15) is 29.3 Å². The third-order valence-electron chi connectivity index (χ3n) is 4.69. The van der Waals surface area contributed by atoms with Crippen molar-refractivity contribution in [2.75, 3.05) is 0 Å². The second kappa shape index (κ2) is 6.14. The Hall–Kier alpha value is -1.43. The van der Waals surface area contributed by atoms with E-state index in [1.165, 1.54) is 10.4 Å². The van der Waals surface area contributed by atoms with E-state index in [4.69, 9.17) is 23.8 Å². The van der Waals surface area contributed by atoms with Crippen LogP contribution in [-0.2, 0) is 19.4 Å². The van der Waals surface area contributed by atoms with Crippen molar-refractivity contribution in [2.24, 2.45) is 5.92 Å². The minimum Gasteiger partial charge on any atom is -0.323 e. The zero-order valence-corrected chi connectivity index (χ0v) is 15.7. The fourth-order valence-electron chi connectivity index (χ4n) is 3.37.